The molecule has 1 fully saturated rings. The highest BCUT2D eigenvalue weighted by molar-refractivity contribution is 5.79. The summed E-state index contributed by atoms with van der Waals surface area (Å²) in [5.41, 5.74) is 0. The predicted molar refractivity (Wildman–Crippen MR) is 81.1 cm³/mol. The standard InChI is InChI=1S/C15H24N4O2/c1-2-21-11-5-9-16-14(20)13-6-3-10-19(12-13)15-17-7-4-8-18-15/h4,7-8,13H,2-3,5-6,9-12H2,1H3,(H,16,20). The number of hydrogen-bond donors (Lipinski definition) is 1. The molecule has 0 bridgehead atoms. The van der Waals surface area contributed by atoms with Crippen LogP contribution >= 0.6 is 0 Å². The van der Waals surface area contributed by atoms with E-state index in [0.29, 0.717) is 25.6 Å². The van der Waals surface area contributed by atoms with E-state index in [4.69, 9.17) is 4.74 Å². The Morgan fingerprint density at radius 2 is 2.29 bits per heavy atom. The molecule has 1 aliphatic heterocycles. The van der Waals surface area contributed by atoms with E-state index in [1.807, 2.05) is 6.92 Å². The van der Waals surface area contributed by atoms with Gasteiger partial charge in [-0.3, -0.25) is 4.79 Å². The van der Waals surface area contributed by atoms with Crippen molar-refractivity contribution in [2.75, 3.05) is 37.7 Å². The van der Waals surface area contributed by atoms with Gasteiger partial charge >= 0.3 is 0 Å². The van der Waals surface area contributed by atoms with Gasteiger partial charge in [0.25, 0.3) is 0 Å². The number of rotatable bonds is 7. The van der Waals surface area contributed by atoms with Gasteiger partial charge in [0.1, 0.15) is 0 Å². The van der Waals surface area contributed by atoms with E-state index < -0.39 is 0 Å². The molecule has 2 rings (SSSR count). The minimum atomic E-state index is 0.0228. The molecule has 1 aliphatic rings. The molecule has 0 radical (unpaired) electrons. The highest BCUT2D eigenvalue weighted by Gasteiger charge is 2.26. The molecule has 1 amide bonds. The molecule has 1 unspecified atom stereocenters. The molecule has 6 heteroatoms. The van der Waals surface area contributed by atoms with E-state index in [0.717, 1.165) is 32.4 Å². The monoisotopic (exact) mass is 292 g/mol. The number of carbonyl (C=O) groups excluding carboxylic acids is 1. The lowest BCUT2D eigenvalue weighted by molar-refractivity contribution is -0.125. The summed E-state index contributed by atoms with van der Waals surface area (Å²) in [4.78, 5) is 22.8. The Hall–Kier alpha value is -1.69. The first-order valence-corrected chi connectivity index (χ1v) is 7.68. The van der Waals surface area contributed by atoms with Crippen molar-refractivity contribution < 1.29 is 9.53 Å². The molecular formula is C15H24N4O2. The van der Waals surface area contributed by atoms with Crippen LogP contribution in [0.1, 0.15) is 26.2 Å². The van der Waals surface area contributed by atoms with Crippen molar-refractivity contribution in [3.8, 4) is 0 Å². The molecule has 0 spiro atoms. The molecule has 6 nitrogen and oxygen atoms in total. The van der Waals surface area contributed by atoms with Gasteiger partial charge in [-0.05, 0) is 32.3 Å². The molecule has 1 saturated heterocycles. The summed E-state index contributed by atoms with van der Waals surface area (Å²) in [6.45, 7) is 5.69. The third-order valence-electron chi connectivity index (χ3n) is 3.60. The Morgan fingerprint density at radius 3 is 3.05 bits per heavy atom. The van der Waals surface area contributed by atoms with Gasteiger partial charge in [-0.15, -0.1) is 0 Å². The van der Waals surface area contributed by atoms with Crippen LogP contribution in [0.25, 0.3) is 0 Å². The van der Waals surface area contributed by atoms with Gasteiger partial charge in [0, 0.05) is 45.2 Å². The number of amides is 1. The second-order valence-electron chi connectivity index (χ2n) is 5.18. The van der Waals surface area contributed by atoms with Crippen LogP contribution in [0.5, 0.6) is 0 Å². The highest BCUT2D eigenvalue weighted by atomic mass is 16.5. The van der Waals surface area contributed by atoms with Gasteiger partial charge in [0.15, 0.2) is 0 Å². The smallest absolute Gasteiger partial charge is 0.225 e. The number of nitrogens with zero attached hydrogens (tertiary/aromatic N) is 3. The maximum Gasteiger partial charge on any atom is 0.225 e. The van der Waals surface area contributed by atoms with Gasteiger partial charge in [-0.1, -0.05) is 0 Å². The normalized spacial score (nSPS) is 18.5. The van der Waals surface area contributed by atoms with Crippen molar-refractivity contribution in [3.05, 3.63) is 18.5 Å². The van der Waals surface area contributed by atoms with Crippen molar-refractivity contribution >= 4 is 11.9 Å². The van der Waals surface area contributed by atoms with Crippen molar-refractivity contribution in [3.63, 3.8) is 0 Å². The Labute approximate surface area is 125 Å². The Bertz CT molecular complexity index is 427. The summed E-state index contributed by atoms with van der Waals surface area (Å²) in [5.74, 6) is 0.869. The Balaban J connectivity index is 1.76. The fraction of sp³-hybridized carbons (Fsp3) is 0.667. The van der Waals surface area contributed by atoms with Gasteiger partial charge in [0.05, 0.1) is 5.92 Å². The number of nitrogens with one attached hydrogen (secondary N) is 1. The summed E-state index contributed by atoms with van der Waals surface area (Å²) in [6.07, 6.45) is 6.26. The average Bonchev–Trinajstić information content (AvgIpc) is 2.55. The molecule has 2 heterocycles. The first-order valence-electron chi connectivity index (χ1n) is 7.68. The third kappa shape index (κ3) is 4.97. The SMILES string of the molecule is CCOCCCNC(=O)C1CCCN(c2ncccn2)C1. The second kappa shape index (κ2) is 8.56. The lowest BCUT2D eigenvalue weighted by atomic mass is 9.97. The van der Waals surface area contributed by atoms with Crippen molar-refractivity contribution in [1.29, 1.82) is 0 Å². The van der Waals surface area contributed by atoms with Crippen LogP contribution in [-0.2, 0) is 9.53 Å². The second-order valence-corrected chi connectivity index (χ2v) is 5.18. The molecule has 116 valence electrons. The zero-order chi connectivity index (χ0) is 14.9. The molecule has 0 aromatic carbocycles. The van der Waals surface area contributed by atoms with Crippen LogP contribution < -0.4 is 10.2 Å². The average molecular weight is 292 g/mol. The van der Waals surface area contributed by atoms with Crippen LogP contribution in [0.3, 0.4) is 0 Å². The van der Waals surface area contributed by atoms with E-state index in [1.54, 1.807) is 18.5 Å². The van der Waals surface area contributed by atoms with Crippen LogP contribution in [0.15, 0.2) is 18.5 Å². The quantitative estimate of drug-likeness (QED) is 0.766. The maximum absolute atomic E-state index is 12.2. The largest absolute Gasteiger partial charge is 0.382 e. The number of aromatic nitrogens is 2. The molecule has 1 atom stereocenters. The van der Waals surface area contributed by atoms with Gasteiger partial charge in [0.2, 0.25) is 11.9 Å². The summed E-state index contributed by atoms with van der Waals surface area (Å²) in [5, 5.41) is 3.00. The molecule has 0 aliphatic carbocycles. The van der Waals surface area contributed by atoms with Crippen molar-refractivity contribution in [2.24, 2.45) is 5.92 Å². The Morgan fingerprint density at radius 1 is 1.48 bits per heavy atom. The fourth-order valence-electron chi connectivity index (χ4n) is 2.50. The lowest BCUT2D eigenvalue weighted by Crippen LogP contribution is -2.44. The zero-order valence-corrected chi connectivity index (χ0v) is 12.6. The summed E-state index contributed by atoms with van der Waals surface area (Å²) >= 11 is 0. The number of ether oxygens (including phenoxy) is 1. The number of piperidine rings is 1. The molecule has 1 N–H and O–H groups in total. The summed E-state index contributed by atoms with van der Waals surface area (Å²) in [7, 11) is 0. The van der Waals surface area contributed by atoms with Crippen LogP contribution in [-0.4, -0.2) is 48.7 Å². The lowest BCUT2D eigenvalue weighted by Gasteiger charge is -2.31. The summed E-state index contributed by atoms with van der Waals surface area (Å²) < 4.78 is 5.26. The van der Waals surface area contributed by atoms with Gasteiger partial charge in [-0.2, -0.15) is 0 Å². The fourth-order valence-corrected chi connectivity index (χ4v) is 2.50. The molecule has 1 aromatic heterocycles. The van der Waals surface area contributed by atoms with Crippen LogP contribution in [0, 0.1) is 5.92 Å². The topological polar surface area (TPSA) is 67.3 Å². The van der Waals surface area contributed by atoms with Crippen molar-refractivity contribution in [1.82, 2.24) is 15.3 Å². The van der Waals surface area contributed by atoms with E-state index >= 15 is 0 Å². The minimum absolute atomic E-state index is 0.0228. The highest BCUT2D eigenvalue weighted by Crippen LogP contribution is 2.19. The van der Waals surface area contributed by atoms with Gasteiger partial charge < -0.3 is 15.0 Å². The van der Waals surface area contributed by atoms with Crippen molar-refractivity contribution in [2.45, 2.75) is 26.2 Å². The van der Waals surface area contributed by atoms with E-state index in [-0.39, 0.29) is 11.8 Å². The van der Waals surface area contributed by atoms with Gasteiger partial charge in [-0.25, -0.2) is 9.97 Å². The minimum Gasteiger partial charge on any atom is -0.382 e. The van der Waals surface area contributed by atoms with E-state index in [1.165, 1.54) is 0 Å². The van der Waals surface area contributed by atoms with Crippen LogP contribution in [0.2, 0.25) is 0 Å². The van der Waals surface area contributed by atoms with E-state index in [2.05, 4.69) is 20.2 Å². The molecule has 0 saturated carbocycles. The number of carbonyl (C=O) groups is 1. The number of anilines is 1. The first-order chi connectivity index (χ1) is 10.3. The molecular weight excluding hydrogens is 268 g/mol. The first kappa shape index (κ1) is 15.7. The molecule has 1 aromatic rings. The third-order valence-corrected chi connectivity index (χ3v) is 3.60. The predicted octanol–water partition coefficient (Wildman–Crippen LogP) is 1.24. The summed E-state index contributed by atoms with van der Waals surface area (Å²) in [6, 6.07) is 1.80. The number of hydrogen-bond acceptors (Lipinski definition) is 5. The zero-order valence-electron chi connectivity index (χ0n) is 12.6. The Kier molecular flexibility index (Phi) is 6.40. The van der Waals surface area contributed by atoms with E-state index in [9.17, 15) is 4.79 Å². The van der Waals surface area contributed by atoms with Crippen LogP contribution in [0.4, 0.5) is 5.95 Å². The maximum atomic E-state index is 12.2. The molecule has 21 heavy (non-hydrogen) atoms.